The number of nitrogens with zero attached hydrogens (tertiary/aromatic N) is 1. The first-order valence-corrected chi connectivity index (χ1v) is 12.6. The number of phenolic OH excluding ortho intramolecular Hbond substituents is 1. The summed E-state index contributed by atoms with van der Waals surface area (Å²) >= 11 is 0. The van der Waals surface area contributed by atoms with E-state index < -0.39 is 63.6 Å². The topological polar surface area (TPSA) is 182 Å². The third-order valence-electron chi connectivity index (χ3n) is 8.79. The Morgan fingerprint density at radius 2 is 1.70 bits per heavy atom. The summed E-state index contributed by atoms with van der Waals surface area (Å²) in [5.41, 5.74) is 1.61. The number of hydrogen-bond acceptors (Lipinski definition) is 9. The molecule has 1 aromatic carbocycles. The summed E-state index contributed by atoms with van der Waals surface area (Å²) in [5.74, 6) is -6.86. The Kier molecular flexibility index (Phi) is 5.78. The van der Waals surface area contributed by atoms with E-state index in [0.717, 1.165) is 19.3 Å². The fraction of sp³-hybridized carbons (Fsp3) is 0.519. The molecule has 1 amide bonds. The average molecular weight is 513 g/mol. The van der Waals surface area contributed by atoms with E-state index in [1.807, 2.05) is 0 Å². The fourth-order valence-corrected chi connectivity index (χ4v) is 7.09. The first-order chi connectivity index (χ1) is 17.3. The third kappa shape index (κ3) is 3.39. The number of benzene rings is 1. The van der Waals surface area contributed by atoms with Crippen LogP contribution in [0.5, 0.6) is 5.75 Å². The minimum Gasteiger partial charge on any atom is -0.508 e. The molecule has 0 aromatic heterocycles. The molecule has 10 nitrogen and oxygen atoms in total. The number of aliphatic hydroxyl groups excluding tert-OH is 2. The van der Waals surface area contributed by atoms with E-state index in [1.165, 1.54) is 11.0 Å². The van der Waals surface area contributed by atoms with Gasteiger partial charge < -0.3 is 31.3 Å². The first kappa shape index (κ1) is 25.4. The van der Waals surface area contributed by atoms with Gasteiger partial charge in [-0.25, -0.2) is 0 Å². The molecular weight excluding hydrogens is 480 g/mol. The van der Waals surface area contributed by atoms with Gasteiger partial charge in [-0.2, -0.15) is 0 Å². The number of phenols is 1. The molecule has 7 N–H and O–H groups in total. The number of rotatable bonds is 3. The van der Waals surface area contributed by atoms with Crippen LogP contribution < -0.4 is 5.73 Å². The molecule has 10 heteroatoms. The van der Waals surface area contributed by atoms with Crippen LogP contribution in [0.2, 0.25) is 0 Å². The number of carbonyl (C=O) groups excluding carboxylic acids is 3. The number of nitrogens with two attached hydrogens (primary N) is 1. The van der Waals surface area contributed by atoms with Gasteiger partial charge in [-0.15, -0.1) is 0 Å². The molecule has 0 bridgehead atoms. The van der Waals surface area contributed by atoms with E-state index in [-0.39, 0.29) is 29.7 Å². The molecule has 0 saturated heterocycles. The SMILES string of the molecule is CN(C)[C@H]1C(=O)C(C(N)=O)=C(O)[C@]2(O)C(=O)C3=C(O)c4c(O)ccc(C5(O)CCCCC5)c4C[C@@H]3C[C@H]12. The van der Waals surface area contributed by atoms with Crippen molar-refractivity contribution in [3.63, 3.8) is 0 Å². The molecule has 0 unspecified atom stereocenters. The van der Waals surface area contributed by atoms with Crippen molar-refractivity contribution in [3.05, 3.63) is 45.7 Å². The highest BCUT2D eigenvalue weighted by molar-refractivity contribution is 6.24. The maximum atomic E-state index is 13.9. The smallest absolute Gasteiger partial charge is 0.255 e. The molecule has 0 heterocycles. The quantitative estimate of drug-likeness (QED) is 0.323. The zero-order valence-corrected chi connectivity index (χ0v) is 20.8. The average Bonchev–Trinajstić information content (AvgIpc) is 2.81. The summed E-state index contributed by atoms with van der Waals surface area (Å²) in [6, 6.07) is 1.88. The highest BCUT2D eigenvalue weighted by atomic mass is 16.3. The van der Waals surface area contributed by atoms with Crippen LogP contribution >= 0.6 is 0 Å². The Morgan fingerprint density at radius 3 is 2.30 bits per heavy atom. The molecule has 2 fully saturated rings. The maximum Gasteiger partial charge on any atom is 0.255 e. The van der Waals surface area contributed by atoms with Gasteiger partial charge in [-0.1, -0.05) is 25.3 Å². The number of likely N-dealkylation sites (N-methyl/N-ethyl adjacent to an activating group) is 1. The number of hydrogen-bond donors (Lipinski definition) is 6. The molecule has 2 saturated carbocycles. The Bertz CT molecular complexity index is 1290. The molecule has 0 spiro atoms. The second kappa shape index (κ2) is 8.41. The Hall–Kier alpha value is -3.21. The Balaban J connectivity index is 1.72. The van der Waals surface area contributed by atoms with Crippen molar-refractivity contribution in [2.45, 2.75) is 62.2 Å². The molecule has 0 aliphatic heterocycles. The van der Waals surface area contributed by atoms with Crippen LogP contribution in [0.25, 0.3) is 5.76 Å². The molecule has 37 heavy (non-hydrogen) atoms. The summed E-state index contributed by atoms with van der Waals surface area (Å²) in [7, 11) is 3.12. The van der Waals surface area contributed by atoms with Crippen LogP contribution in [0.15, 0.2) is 29.0 Å². The number of aliphatic hydroxyl groups is 4. The second-order valence-electron chi connectivity index (χ2n) is 11.0. The van der Waals surface area contributed by atoms with Gasteiger partial charge >= 0.3 is 0 Å². The summed E-state index contributed by atoms with van der Waals surface area (Å²) in [6.07, 6.45) is 3.89. The Morgan fingerprint density at radius 1 is 1.05 bits per heavy atom. The van der Waals surface area contributed by atoms with Gasteiger partial charge in [0, 0.05) is 11.5 Å². The van der Waals surface area contributed by atoms with Crippen LogP contribution in [0, 0.1) is 11.8 Å². The van der Waals surface area contributed by atoms with Crippen molar-refractivity contribution in [2.75, 3.05) is 14.1 Å². The van der Waals surface area contributed by atoms with E-state index in [4.69, 9.17) is 5.73 Å². The fourth-order valence-electron chi connectivity index (χ4n) is 7.09. The normalized spacial score (nSPS) is 31.2. The van der Waals surface area contributed by atoms with Gasteiger partial charge in [0.1, 0.15) is 22.8 Å². The second-order valence-corrected chi connectivity index (χ2v) is 11.0. The van der Waals surface area contributed by atoms with Crippen molar-refractivity contribution in [1.29, 1.82) is 0 Å². The molecule has 1 aromatic rings. The Labute approximate surface area is 213 Å². The standard InChI is InChI=1S/C27H32N2O8/c1-29(2)20-15-11-12-10-13-14(26(36)8-4-3-5-9-26)6-7-16(30)18(13)21(31)17(12)23(33)27(15,37)24(34)19(22(20)32)25(28)35/h6-7,12,15,20,30-31,34,36-37H,3-5,8-11H2,1-2H3,(H2,28,35)/t12-,15-,20-,27-/m1/s1. The third-order valence-corrected chi connectivity index (χ3v) is 8.79. The molecule has 5 rings (SSSR count). The predicted molar refractivity (Wildman–Crippen MR) is 131 cm³/mol. The van der Waals surface area contributed by atoms with E-state index >= 15 is 0 Å². The zero-order valence-electron chi connectivity index (χ0n) is 20.8. The molecule has 4 atom stereocenters. The molecule has 0 radical (unpaired) electrons. The summed E-state index contributed by atoms with van der Waals surface area (Å²) < 4.78 is 0. The molecular formula is C27H32N2O8. The summed E-state index contributed by atoms with van der Waals surface area (Å²) in [5, 5.41) is 56.1. The lowest BCUT2D eigenvalue weighted by molar-refractivity contribution is -0.153. The maximum absolute atomic E-state index is 13.9. The highest BCUT2D eigenvalue weighted by Gasteiger charge is 2.64. The summed E-state index contributed by atoms with van der Waals surface area (Å²) in [4.78, 5) is 40.6. The minimum atomic E-state index is -2.67. The largest absolute Gasteiger partial charge is 0.508 e. The summed E-state index contributed by atoms with van der Waals surface area (Å²) in [6.45, 7) is 0. The minimum absolute atomic E-state index is 0.00721. The van der Waals surface area contributed by atoms with Gasteiger partial charge in [-0.05, 0) is 62.9 Å². The number of ketones is 2. The molecule has 4 aliphatic carbocycles. The van der Waals surface area contributed by atoms with Crippen molar-refractivity contribution in [2.24, 2.45) is 17.6 Å². The van der Waals surface area contributed by atoms with Gasteiger partial charge in [0.05, 0.1) is 17.2 Å². The lowest BCUT2D eigenvalue weighted by Gasteiger charge is -2.50. The number of carbonyl (C=O) groups is 3. The van der Waals surface area contributed by atoms with E-state index in [1.54, 1.807) is 20.2 Å². The lowest BCUT2D eigenvalue weighted by atomic mass is 9.57. The lowest BCUT2D eigenvalue weighted by Crippen LogP contribution is -2.65. The number of primary amides is 1. The highest BCUT2D eigenvalue weighted by Crippen LogP contribution is 2.54. The van der Waals surface area contributed by atoms with Crippen LogP contribution in [-0.2, 0) is 26.4 Å². The molecule has 4 aliphatic rings. The van der Waals surface area contributed by atoms with Gasteiger partial charge in [0.15, 0.2) is 11.4 Å². The van der Waals surface area contributed by atoms with Crippen LogP contribution in [0.1, 0.15) is 55.2 Å². The van der Waals surface area contributed by atoms with Crippen molar-refractivity contribution in [1.82, 2.24) is 4.90 Å². The number of amides is 1. The monoisotopic (exact) mass is 512 g/mol. The van der Waals surface area contributed by atoms with Crippen molar-refractivity contribution in [3.8, 4) is 5.75 Å². The zero-order chi connectivity index (χ0) is 27.0. The van der Waals surface area contributed by atoms with Crippen LogP contribution in [-0.4, -0.2) is 73.6 Å². The van der Waals surface area contributed by atoms with E-state index in [9.17, 15) is 39.9 Å². The van der Waals surface area contributed by atoms with E-state index in [2.05, 4.69) is 0 Å². The first-order valence-electron chi connectivity index (χ1n) is 12.6. The van der Waals surface area contributed by atoms with E-state index in [0.29, 0.717) is 24.0 Å². The van der Waals surface area contributed by atoms with Gasteiger partial charge in [-0.3, -0.25) is 19.3 Å². The van der Waals surface area contributed by atoms with Crippen molar-refractivity contribution >= 4 is 23.2 Å². The van der Waals surface area contributed by atoms with Gasteiger partial charge in [0.2, 0.25) is 5.78 Å². The number of aromatic hydroxyl groups is 1. The predicted octanol–water partition coefficient (Wildman–Crippen LogP) is 1.12. The number of Topliss-reactive ketones (excluding diaryl/α,β-unsaturated/α-hetero) is 2. The van der Waals surface area contributed by atoms with Crippen LogP contribution in [0.4, 0.5) is 0 Å². The number of fused-ring (bicyclic) bond motifs is 3. The van der Waals surface area contributed by atoms with Crippen molar-refractivity contribution < 1.29 is 39.9 Å². The van der Waals surface area contributed by atoms with Crippen LogP contribution in [0.3, 0.4) is 0 Å². The van der Waals surface area contributed by atoms with Gasteiger partial charge in [0.25, 0.3) is 5.91 Å². The molecule has 198 valence electrons.